The molecule has 0 unspecified atom stereocenters. The minimum atomic E-state index is -0.917. The number of amides is 3. The Morgan fingerprint density at radius 1 is 1.19 bits per heavy atom. The molecule has 0 bridgehead atoms. The summed E-state index contributed by atoms with van der Waals surface area (Å²) in [6, 6.07) is 7.17. The summed E-state index contributed by atoms with van der Waals surface area (Å²) >= 11 is 11.7. The van der Waals surface area contributed by atoms with Crippen LogP contribution in [0.15, 0.2) is 36.5 Å². The van der Waals surface area contributed by atoms with Crippen molar-refractivity contribution in [1.29, 1.82) is 0 Å². The van der Waals surface area contributed by atoms with Crippen molar-refractivity contribution in [2.45, 2.75) is 6.92 Å². The molecule has 0 aliphatic rings. The van der Waals surface area contributed by atoms with Crippen LogP contribution in [0.4, 0.5) is 10.5 Å². The van der Waals surface area contributed by atoms with Crippen molar-refractivity contribution in [3.63, 3.8) is 0 Å². The van der Waals surface area contributed by atoms with E-state index in [0.717, 1.165) is 10.5 Å². The third kappa shape index (κ3) is 3.32. The zero-order valence-electron chi connectivity index (χ0n) is 11.0. The molecule has 2 rings (SSSR count). The molecule has 0 aliphatic carbocycles. The fourth-order valence-corrected chi connectivity index (χ4v) is 2.07. The van der Waals surface area contributed by atoms with Gasteiger partial charge in [0.05, 0.1) is 16.3 Å². The number of aryl methyl sites for hydroxylation is 1. The molecule has 7 heteroatoms. The molecule has 0 aliphatic heterocycles. The zero-order chi connectivity index (χ0) is 15.6. The van der Waals surface area contributed by atoms with E-state index in [2.05, 4.69) is 4.98 Å². The van der Waals surface area contributed by atoms with Gasteiger partial charge in [-0.2, -0.15) is 0 Å². The van der Waals surface area contributed by atoms with E-state index < -0.39 is 11.9 Å². The van der Waals surface area contributed by atoms with Gasteiger partial charge >= 0.3 is 6.03 Å². The predicted molar refractivity (Wildman–Crippen MR) is 81.8 cm³/mol. The SMILES string of the molecule is Cc1ccc(N(C(N)=O)C(=O)c2cc(Cl)cnc2Cl)cc1. The van der Waals surface area contributed by atoms with Gasteiger partial charge in [0.25, 0.3) is 5.91 Å². The topological polar surface area (TPSA) is 76.3 Å². The molecule has 0 atom stereocenters. The second-order valence-electron chi connectivity index (χ2n) is 4.31. The van der Waals surface area contributed by atoms with E-state index in [4.69, 9.17) is 28.9 Å². The Morgan fingerprint density at radius 3 is 2.38 bits per heavy atom. The van der Waals surface area contributed by atoms with Crippen molar-refractivity contribution in [1.82, 2.24) is 4.98 Å². The lowest BCUT2D eigenvalue weighted by molar-refractivity contribution is 0.0995. The van der Waals surface area contributed by atoms with Crippen molar-refractivity contribution in [2.24, 2.45) is 5.73 Å². The number of anilines is 1. The van der Waals surface area contributed by atoms with Gasteiger partial charge in [-0.1, -0.05) is 40.9 Å². The van der Waals surface area contributed by atoms with E-state index >= 15 is 0 Å². The lowest BCUT2D eigenvalue weighted by atomic mass is 10.2. The lowest BCUT2D eigenvalue weighted by Gasteiger charge is -2.19. The van der Waals surface area contributed by atoms with Gasteiger partial charge in [-0.3, -0.25) is 4.79 Å². The Morgan fingerprint density at radius 2 is 1.81 bits per heavy atom. The van der Waals surface area contributed by atoms with Crippen LogP contribution in [0.3, 0.4) is 0 Å². The minimum Gasteiger partial charge on any atom is -0.351 e. The van der Waals surface area contributed by atoms with Gasteiger partial charge in [0.15, 0.2) is 0 Å². The Balaban J connectivity index is 2.47. The fraction of sp³-hybridized carbons (Fsp3) is 0.0714. The number of nitrogens with zero attached hydrogens (tertiary/aromatic N) is 2. The first-order valence-electron chi connectivity index (χ1n) is 5.91. The van der Waals surface area contributed by atoms with Crippen molar-refractivity contribution in [3.05, 3.63) is 57.8 Å². The highest BCUT2D eigenvalue weighted by molar-refractivity contribution is 6.36. The van der Waals surface area contributed by atoms with Crippen LogP contribution < -0.4 is 10.6 Å². The molecule has 108 valence electrons. The summed E-state index contributed by atoms with van der Waals surface area (Å²) in [6.45, 7) is 1.89. The second kappa shape index (κ2) is 6.11. The van der Waals surface area contributed by atoms with Gasteiger partial charge in [-0.05, 0) is 25.1 Å². The number of urea groups is 1. The van der Waals surface area contributed by atoms with Crippen molar-refractivity contribution >= 4 is 40.8 Å². The number of hydrogen-bond acceptors (Lipinski definition) is 3. The standard InChI is InChI=1S/C14H11Cl2N3O2/c1-8-2-4-10(5-3-8)19(14(17)21)13(20)11-6-9(15)7-18-12(11)16/h2-7H,1H3,(H2,17,21). The summed E-state index contributed by atoms with van der Waals surface area (Å²) in [4.78, 5) is 28.7. The number of nitrogens with two attached hydrogens (primary N) is 1. The number of hydrogen-bond donors (Lipinski definition) is 1. The fourth-order valence-electron chi connectivity index (χ4n) is 1.73. The highest BCUT2D eigenvalue weighted by Crippen LogP contribution is 2.23. The van der Waals surface area contributed by atoms with E-state index in [1.165, 1.54) is 12.3 Å². The number of benzene rings is 1. The normalized spacial score (nSPS) is 10.2. The molecule has 0 radical (unpaired) electrons. The summed E-state index contributed by atoms with van der Waals surface area (Å²) in [6.07, 6.45) is 1.31. The van der Waals surface area contributed by atoms with Crippen LogP contribution in [0.25, 0.3) is 0 Å². The maximum absolute atomic E-state index is 12.5. The summed E-state index contributed by atoms with van der Waals surface area (Å²) in [5.74, 6) is -0.689. The van der Waals surface area contributed by atoms with Crippen LogP contribution in [-0.4, -0.2) is 16.9 Å². The van der Waals surface area contributed by atoms with Crippen LogP contribution >= 0.6 is 23.2 Å². The molecular formula is C14H11Cl2N3O2. The number of imide groups is 1. The molecular weight excluding hydrogens is 313 g/mol. The monoisotopic (exact) mass is 323 g/mol. The molecule has 5 nitrogen and oxygen atoms in total. The van der Waals surface area contributed by atoms with Crippen LogP contribution in [-0.2, 0) is 0 Å². The van der Waals surface area contributed by atoms with Crippen LogP contribution in [0.2, 0.25) is 10.2 Å². The maximum Gasteiger partial charge on any atom is 0.326 e. The van der Waals surface area contributed by atoms with Crippen molar-refractivity contribution in [2.75, 3.05) is 4.90 Å². The van der Waals surface area contributed by atoms with E-state index in [1.54, 1.807) is 24.3 Å². The molecule has 2 N–H and O–H groups in total. The number of carbonyl (C=O) groups is 2. The Labute approximate surface area is 131 Å². The van der Waals surface area contributed by atoms with E-state index in [0.29, 0.717) is 5.69 Å². The van der Waals surface area contributed by atoms with Gasteiger partial charge in [0.1, 0.15) is 5.15 Å². The van der Waals surface area contributed by atoms with E-state index in [1.807, 2.05) is 6.92 Å². The first-order valence-corrected chi connectivity index (χ1v) is 6.67. The zero-order valence-corrected chi connectivity index (χ0v) is 12.5. The molecule has 21 heavy (non-hydrogen) atoms. The molecule has 0 fully saturated rings. The Kier molecular flexibility index (Phi) is 4.45. The minimum absolute atomic E-state index is 0.00328. The quantitative estimate of drug-likeness (QED) is 0.860. The molecule has 0 saturated heterocycles. The number of aromatic nitrogens is 1. The van der Waals surface area contributed by atoms with Crippen LogP contribution in [0.5, 0.6) is 0 Å². The summed E-state index contributed by atoms with van der Waals surface area (Å²) < 4.78 is 0. The van der Waals surface area contributed by atoms with Gasteiger partial charge in [-0.15, -0.1) is 0 Å². The molecule has 1 aromatic carbocycles. The average Bonchev–Trinajstić information content (AvgIpc) is 2.43. The number of halogens is 2. The third-order valence-corrected chi connectivity index (χ3v) is 3.26. The summed E-state index contributed by atoms with van der Waals surface area (Å²) in [5, 5.41) is 0.179. The highest BCUT2D eigenvalue weighted by Gasteiger charge is 2.25. The Bertz CT molecular complexity index is 702. The lowest BCUT2D eigenvalue weighted by Crippen LogP contribution is -2.41. The number of pyridine rings is 1. The molecule has 0 saturated carbocycles. The number of primary amides is 1. The van der Waals surface area contributed by atoms with E-state index in [-0.39, 0.29) is 15.7 Å². The van der Waals surface area contributed by atoms with Crippen molar-refractivity contribution in [3.8, 4) is 0 Å². The van der Waals surface area contributed by atoms with Crippen LogP contribution in [0.1, 0.15) is 15.9 Å². The number of rotatable bonds is 2. The summed E-state index contributed by atoms with van der Waals surface area (Å²) in [5.41, 5.74) is 6.63. The predicted octanol–water partition coefficient (Wildman–Crippen LogP) is 3.42. The molecule has 1 heterocycles. The Hall–Kier alpha value is -2.11. The molecule has 1 aromatic heterocycles. The maximum atomic E-state index is 12.5. The third-order valence-electron chi connectivity index (χ3n) is 2.75. The van der Waals surface area contributed by atoms with Gasteiger partial charge in [-0.25, -0.2) is 14.7 Å². The van der Waals surface area contributed by atoms with Gasteiger partial charge in [0, 0.05) is 6.20 Å². The van der Waals surface area contributed by atoms with Gasteiger partial charge < -0.3 is 5.73 Å². The summed E-state index contributed by atoms with van der Waals surface area (Å²) in [7, 11) is 0. The average molecular weight is 324 g/mol. The largest absolute Gasteiger partial charge is 0.351 e. The molecule has 2 aromatic rings. The highest BCUT2D eigenvalue weighted by atomic mass is 35.5. The molecule has 3 amide bonds. The van der Waals surface area contributed by atoms with Crippen molar-refractivity contribution < 1.29 is 9.59 Å². The number of carbonyl (C=O) groups excluding carboxylic acids is 2. The van der Waals surface area contributed by atoms with Gasteiger partial charge in [0.2, 0.25) is 0 Å². The van der Waals surface area contributed by atoms with Crippen LogP contribution in [0, 0.1) is 6.92 Å². The second-order valence-corrected chi connectivity index (χ2v) is 5.10. The van der Waals surface area contributed by atoms with E-state index in [9.17, 15) is 9.59 Å². The smallest absolute Gasteiger partial charge is 0.326 e. The first kappa shape index (κ1) is 15.3. The first-order chi connectivity index (χ1) is 9.90. The molecule has 0 spiro atoms.